The fourth-order valence-electron chi connectivity index (χ4n) is 4.25. The van der Waals surface area contributed by atoms with Crippen molar-refractivity contribution in [3.8, 4) is 22.9 Å². The molecule has 0 bridgehead atoms. The van der Waals surface area contributed by atoms with Crippen LogP contribution in [0.3, 0.4) is 0 Å². The number of aromatic nitrogens is 2. The van der Waals surface area contributed by atoms with Crippen molar-refractivity contribution in [3.63, 3.8) is 0 Å². The maximum atomic E-state index is 14.0. The number of rotatable bonds is 8. The fourth-order valence-corrected chi connectivity index (χ4v) is 4.25. The molecule has 4 N–H and O–H groups in total. The number of Topliss-reactive ketones (excluding diaryl/α,β-unsaturated/α-hetero) is 1. The van der Waals surface area contributed by atoms with Gasteiger partial charge in [-0.2, -0.15) is 5.10 Å². The minimum atomic E-state index is -2.63. The van der Waals surface area contributed by atoms with Crippen LogP contribution in [0.1, 0.15) is 27.0 Å². The third-order valence-electron chi connectivity index (χ3n) is 6.15. The Morgan fingerprint density at radius 2 is 1.87 bits per heavy atom. The third-order valence-corrected chi connectivity index (χ3v) is 6.15. The standard InChI is InChI=1S/C28H23F3N4O3/c1-15-8-19(6-7-23(15)38-24-5-3-2-4-21(24)29)35-28(33)20(13-34-35)27(36)18-9-16-11-22(32)25(12-17(16)10-18)37-14-26(30)31/h2-8,10-13,26H,9,14,32-33H2,1H3. The van der Waals surface area contributed by atoms with Gasteiger partial charge in [0.05, 0.1) is 23.1 Å². The predicted octanol–water partition coefficient (Wildman–Crippen LogP) is 5.74. The number of nitrogen functional groups attached to an aromatic ring is 2. The van der Waals surface area contributed by atoms with Crippen molar-refractivity contribution in [1.82, 2.24) is 9.78 Å². The Morgan fingerprint density at radius 3 is 2.61 bits per heavy atom. The van der Waals surface area contributed by atoms with Gasteiger partial charge in [-0.15, -0.1) is 0 Å². The lowest BCUT2D eigenvalue weighted by molar-refractivity contribution is 0.0822. The highest BCUT2D eigenvalue weighted by atomic mass is 19.3. The van der Waals surface area contributed by atoms with Crippen LogP contribution in [-0.2, 0) is 6.42 Å². The van der Waals surface area contributed by atoms with Gasteiger partial charge in [-0.3, -0.25) is 4.79 Å². The number of carbonyl (C=O) groups is 1. The van der Waals surface area contributed by atoms with Crippen LogP contribution in [0.5, 0.6) is 17.2 Å². The van der Waals surface area contributed by atoms with Crippen LogP contribution in [0.25, 0.3) is 11.8 Å². The van der Waals surface area contributed by atoms with Crippen molar-refractivity contribution < 1.29 is 27.4 Å². The van der Waals surface area contributed by atoms with Crippen LogP contribution in [0.15, 0.2) is 66.4 Å². The van der Waals surface area contributed by atoms with Crippen molar-refractivity contribution in [2.24, 2.45) is 0 Å². The highest BCUT2D eigenvalue weighted by Gasteiger charge is 2.25. The highest BCUT2D eigenvalue weighted by molar-refractivity contribution is 6.15. The molecule has 0 unspecified atom stereocenters. The highest BCUT2D eigenvalue weighted by Crippen LogP contribution is 2.35. The van der Waals surface area contributed by atoms with Crippen LogP contribution in [0.2, 0.25) is 0 Å². The van der Waals surface area contributed by atoms with Crippen LogP contribution in [-0.4, -0.2) is 28.6 Å². The average molecular weight is 521 g/mol. The number of benzene rings is 3. The summed E-state index contributed by atoms with van der Waals surface area (Å²) in [7, 11) is 0. The van der Waals surface area contributed by atoms with Gasteiger partial charge in [-0.25, -0.2) is 17.9 Å². The Morgan fingerprint density at radius 1 is 1.08 bits per heavy atom. The number of nitrogens with zero attached hydrogens (tertiary/aromatic N) is 2. The van der Waals surface area contributed by atoms with E-state index in [1.807, 2.05) is 0 Å². The topological polar surface area (TPSA) is 105 Å². The summed E-state index contributed by atoms with van der Waals surface area (Å²) in [5, 5.41) is 4.30. The van der Waals surface area contributed by atoms with Gasteiger partial charge in [-0.05, 0) is 72.2 Å². The number of aryl methyl sites for hydroxylation is 1. The smallest absolute Gasteiger partial charge is 0.272 e. The second-order valence-electron chi connectivity index (χ2n) is 8.80. The number of nitrogens with two attached hydrogens (primary N) is 2. The molecule has 0 radical (unpaired) electrons. The molecule has 1 aliphatic carbocycles. The minimum Gasteiger partial charge on any atom is -0.485 e. The first-order valence-corrected chi connectivity index (χ1v) is 11.7. The van der Waals surface area contributed by atoms with Crippen molar-refractivity contribution in [2.75, 3.05) is 18.1 Å². The van der Waals surface area contributed by atoms with E-state index in [1.54, 1.807) is 55.5 Å². The van der Waals surface area contributed by atoms with Gasteiger partial charge in [0.2, 0.25) is 0 Å². The first kappa shape index (κ1) is 24.9. The Bertz CT molecular complexity index is 1580. The number of para-hydroxylation sites is 1. The molecule has 38 heavy (non-hydrogen) atoms. The number of anilines is 2. The second-order valence-corrected chi connectivity index (χ2v) is 8.80. The number of hydrogen-bond donors (Lipinski definition) is 2. The molecule has 0 fully saturated rings. The lowest BCUT2D eigenvalue weighted by Gasteiger charge is -2.12. The number of ketones is 1. The molecule has 1 aromatic heterocycles. The Kier molecular flexibility index (Phi) is 6.54. The number of ether oxygens (including phenoxy) is 2. The van der Waals surface area contributed by atoms with Crippen LogP contribution in [0.4, 0.5) is 24.7 Å². The van der Waals surface area contributed by atoms with Crippen LogP contribution < -0.4 is 20.9 Å². The summed E-state index contributed by atoms with van der Waals surface area (Å²) in [6.45, 7) is 1.03. The van der Waals surface area contributed by atoms with Gasteiger partial charge in [0.25, 0.3) is 6.43 Å². The number of carbonyl (C=O) groups excluding carboxylic acids is 1. The summed E-state index contributed by atoms with van der Waals surface area (Å²) in [4.78, 5) is 13.3. The molecule has 1 aliphatic rings. The van der Waals surface area contributed by atoms with Crippen LogP contribution >= 0.6 is 0 Å². The van der Waals surface area contributed by atoms with Crippen molar-refractivity contribution in [1.29, 1.82) is 0 Å². The van der Waals surface area contributed by atoms with Gasteiger partial charge < -0.3 is 20.9 Å². The number of halogens is 3. The lowest BCUT2D eigenvalue weighted by Crippen LogP contribution is -2.09. The zero-order chi connectivity index (χ0) is 27.0. The number of allylic oxidation sites excluding steroid dienone is 1. The van der Waals surface area contributed by atoms with E-state index in [0.29, 0.717) is 34.6 Å². The first-order chi connectivity index (χ1) is 18.2. The zero-order valence-electron chi connectivity index (χ0n) is 20.3. The number of alkyl halides is 2. The quantitative estimate of drug-likeness (QED) is 0.227. The lowest BCUT2D eigenvalue weighted by atomic mass is 10.0. The van der Waals surface area contributed by atoms with Gasteiger partial charge in [0, 0.05) is 12.0 Å². The molecule has 0 atom stereocenters. The van der Waals surface area contributed by atoms with Crippen molar-refractivity contribution >= 4 is 23.4 Å². The SMILES string of the molecule is Cc1cc(-n2ncc(C(=O)C3=Cc4cc(OCC(F)F)c(N)cc4C3)c2N)ccc1Oc1ccccc1F. The average Bonchev–Trinajstić information content (AvgIpc) is 3.47. The maximum absolute atomic E-state index is 14.0. The molecule has 0 spiro atoms. The van der Waals surface area contributed by atoms with E-state index in [1.165, 1.54) is 23.0 Å². The number of hydrogen-bond acceptors (Lipinski definition) is 6. The summed E-state index contributed by atoms with van der Waals surface area (Å²) >= 11 is 0. The predicted molar refractivity (Wildman–Crippen MR) is 138 cm³/mol. The molecule has 5 rings (SSSR count). The summed E-state index contributed by atoms with van der Waals surface area (Å²) in [5.41, 5.74) is 15.9. The van der Waals surface area contributed by atoms with Gasteiger partial charge in [0.15, 0.2) is 17.3 Å². The van der Waals surface area contributed by atoms with E-state index in [0.717, 1.165) is 5.56 Å². The minimum absolute atomic E-state index is 0.107. The van der Waals surface area contributed by atoms with Gasteiger partial charge >= 0.3 is 0 Å². The molecule has 4 aromatic rings. The summed E-state index contributed by atoms with van der Waals surface area (Å²) in [5.74, 6) is 0.0721. The second kappa shape index (κ2) is 9.97. The van der Waals surface area contributed by atoms with E-state index < -0.39 is 18.8 Å². The van der Waals surface area contributed by atoms with E-state index >= 15 is 0 Å². The summed E-state index contributed by atoms with van der Waals surface area (Å²) < 4.78 is 51.2. The molecule has 1 heterocycles. The molecule has 3 aromatic carbocycles. The van der Waals surface area contributed by atoms with E-state index in [-0.39, 0.29) is 34.4 Å². The Labute approximate surface area is 216 Å². The largest absolute Gasteiger partial charge is 0.485 e. The molecule has 0 saturated heterocycles. The van der Waals surface area contributed by atoms with E-state index in [2.05, 4.69) is 5.10 Å². The van der Waals surface area contributed by atoms with E-state index in [4.69, 9.17) is 20.9 Å². The zero-order valence-corrected chi connectivity index (χ0v) is 20.3. The van der Waals surface area contributed by atoms with Gasteiger partial charge in [-0.1, -0.05) is 12.1 Å². The fraction of sp³-hybridized carbons (Fsp3) is 0.143. The molecule has 7 nitrogen and oxygen atoms in total. The third kappa shape index (κ3) is 4.80. The maximum Gasteiger partial charge on any atom is 0.272 e. The first-order valence-electron chi connectivity index (χ1n) is 11.7. The molecular weight excluding hydrogens is 497 g/mol. The van der Waals surface area contributed by atoms with Gasteiger partial charge in [0.1, 0.15) is 23.9 Å². The number of fused-ring (bicyclic) bond motifs is 1. The normalized spacial score (nSPS) is 12.4. The van der Waals surface area contributed by atoms with Crippen molar-refractivity contribution in [3.05, 3.63) is 94.4 Å². The Hall–Kier alpha value is -4.73. The molecule has 0 amide bonds. The summed E-state index contributed by atoms with van der Waals surface area (Å²) in [6.07, 6.45) is 0.738. The molecule has 0 saturated carbocycles. The molecule has 0 aliphatic heterocycles. The monoisotopic (exact) mass is 520 g/mol. The van der Waals surface area contributed by atoms with Crippen LogP contribution in [0, 0.1) is 12.7 Å². The van der Waals surface area contributed by atoms with Crippen molar-refractivity contribution in [2.45, 2.75) is 19.8 Å². The molecule has 10 heteroatoms. The Balaban J connectivity index is 1.36. The molecule has 194 valence electrons. The molecular formula is C28H23F3N4O3. The van der Waals surface area contributed by atoms with E-state index in [9.17, 15) is 18.0 Å². The summed E-state index contributed by atoms with van der Waals surface area (Å²) in [6, 6.07) is 14.4.